The van der Waals surface area contributed by atoms with Crippen LogP contribution in [0.4, 0.5) is 0 Å². The quantitative estimate of drug-likeness (QED) is 0.914. The van der Waals surface area contributed by atoms with Crippen molar-refractivity contribution in [3.05, 3.63) is 33.7 Å². The van der Waals surface area contributed by atoms with E-state index in [1.807, 2.05) is 0 Å². The monoisotopic (exact) mass is 300 g/mol. The fourth-order valence-electron chi connectivity index (χ4n) is 1.12. The predicted molar refractivity (Wildman–Crippen MR) is 65.9 cm³/mol. The van der Waals surface area contributed by atoms with Crippen molar-refractivity contribution in [2.75, 3.05) is 0 Å². The number of rotatable bonds is 3. The molecule has 1 aromatic heterocycles. The highest BCUT2D eigenvalue weighted by molar-refractivity contribution is 9.10. The first-order chi connectivity index (χ1) is 7.70. The number of phenols is 1. The Morgan fingerprint density at radius 3 is 2.81 bits per heavy atom. The van der Waals surface area contributed by atoms with E-state index in [0.29, 0.717) is 22.1 Å². The lowest BCUT2D eigenvalue weighted by Gasteiger charge is -2.02. The van der Waals surface area contributed by atoms with Crippen molar-refractivity contribution in [2.45, 2.75) is 6.54 Å². The van der Waals surface area contributed by atoms with Crippen LogP contribution in [0.1, 0.15) is 4.88 Å². The maximum atomic E-state index is 9.52. The van der Waals surface area contributed by atoms with Gasteiger partial charge in [0, 0.05) is 6.54 Å². The van der Waals surface area contributed by atoms with Crippen LogP contribution in [0.3, 0.4) is 0 Å². The van der Waals surface area contributed by atoms with Crippen LogP contribution in [0, 0.1) is 0 Å². The van der Waals surface area contributed by atoms with E-state index in [1.54, 1.807) is 24.3 Å². The number of halogens is 1. The van der Waals surface area contributed by atoms with E-state index in [4.69, 9.17) is 10.5 Å². The number of nitrogens with two attached hydrogens (primary N) is 1. The highest BCUT2D eigenvalue weighted by Crippen LogP contribution is 2.35. The molecule has 1 heterocycles. The number of ether oxygens (including phenoxy) is 1. The highest BCUT2D eigenvalue weighted by Gasteiger charge is 2.10. The van der Waals surface area contributed by atoms with Crippen molar-refractivity contribution >= 4 is 27.3 Å². The van der Waals surface area contributed by atoms with Gasteiger partial charge in [-0.15, -0.1) is 0 Å². The van der Waals surface area contributed by atoms with Crippen LogP contribution in [-0.4, -0.2) is 10.1 Å². The predicted octanol–water partition coefficient (Wildman–Crippen LogP) is 2.86. The van der Waals surface area contributed by atoms with Crippen molar-refractivity contribution in [3.63, 3.8) is 0 Å². The van der Waals surface area contributed by atoms with Gasteiger partial charge in [0.2, 0.25) is 0 Å². The van der Waals surface area contributed by atoms with Crippen LogP contribution in [0.5, 0.6) is 16.7 Å². The molecule has 0 saturated carbocycles. The van der Waals surface area contributed by atoms with E-state index in [9.17, 15) is 5.11 Å². The van der Waals surface area contributed by atoms with Crippen molar-refractivity contribution < 1.29 is 9.84 Å². The SMILES string of the molecule is NCc1sc(Oc2ccccc2O)nc1Br. The number of phenolic OH excluding ortho intramolecular Hbond substituents is 1. The molecule has 4 nitrogen and oxygen atoms in total. The minimum absolute atomic E-state index is 0.0862. The second kappa shape index (κ2) is 4.82. The average molecular weight is 301 g/mol. The van der Waals surface area contributed by atoms with Gasteiger partial charge in [-0.1, -0.05) is 23.5 Å². The van der Waals surface area contributed by atoms with Crippen LogP contribution >= 0.6 is 27.3 Å². The lowest BCUT2D eigenvalue weighted by atomic mass is 10.3. The topological polar surface area (TPSA) is 68.4 Å². The number of aromatic hydroxyl groups is 1. The molecule has 3 N–H and O–H groups in total. The van der Waals surface area contributed by atoms with E-state index < -0.39 is 0 Å². The lowest BCUT2D eigenvalue weighted by Crippen LogP contribution is -1.92. The maximum Gasteiger partial charge on any atom is 0.280 e. The zero-order valence-corrected chi connectivity index (χ0v) is 10.6. The van der Waals surface area contributed by atoms with E-state index in [0.717, 1.165) is 4.88 Å². The molecule has 0 atom stereocenters. The van der Waals surface area contributed by atoms with Crippen LogP contribution in [0.25, 0.3) is 0 Å². The summed E-state index contributed by atoms with van der Waals surface area (Å²) in [4.78, 5) is 5.05. The summed E-state index contributed by atoms with van der Waals surface area (Å²) in [5, 5.41) is 9.97. The van der Waals surface area contributed by atoms with Gasteiger partial charge in [0.05, 0.1) is 4.88 Å². The van der Waals surface area contributed by atoms with Gasteiger partial charge in [-0.05, 0) is 28.1 Å². The molecular formula is C10H9BrN2O2S. The first kappa shape index (κ1) is 11.4. The molecule has 0 aliphatic rings. The average Bonchev–Trinajstić information content (AvgIpc) is 2.62. The van der Waals surface area contributed by atoms with Gasteiger partial charge in [0.1, 0.15) is 4.60 Å². The molecule has 0 aliphatic carbocycles. The first-order valence-electron chi connectivity index (χ1n) is 4.52. The Balaban J connectivity index is 2.24. The first-order valence-corrected chi connectivity index (χ1v) is 6.12. The largest absolute Gasteiger partial charge is 0.504 e. The Bertz CT molecular complexity index is 501. The number of benzene rings is 1. The van der Waals surface area contributed by atoms with Gasteiger partial charge < -0.3 is 15.6 Å². The molecule has 0 unspecified atom stereocenters. The van der Waals surface area contributed by atoms with Crippen molar-refractivity contribution in [1.82, 2.24) is 4.98 Å². The number of aromatic nitrogens is 1. The van der Waals surface area contributed by atoms with E-state index in [2.05, 4.69) is 20.9 Å². The molecule has 6 heteroatoms. The summed E-state index contributed by atoms with van der Waals surface area (Å²) in [7, 11) is 0. The molecule has 0 bridgehead atoms. The Labute approximate surface area is 105 Å². The summed E-state index contributed by atoms with van der Waals surface area (Å²) < 4.78 is 6.13. The van der Waals surface area contributed by atoms with Crippen LogP contribution in [0.15, 0.2) is 28.9 Å². The second-order valence-electron chi connectivity index (χ2n) is 2.97. The van der Waals surface area contributed by atoms with Gasteiger partial charge in [0.15, 0.2) is 11.5 Å². The third kappa shape index (κ3) is 2.34. The van der Waals surface area contributed by atoms with E-state index >= 15 is 0 Å². The van der Waals surface area contributed by atoms with Gasteiger partial charge in [-0.2, -0.15) is 4.98 Å². The molecular weight excluding hydrogens is 292 g/mol. The van der Waals surface area contributed by atoms with Crippen molar-refractivity contribution in [1.29, 1.82) is 0 Å². The van der Waals surface area contributed by atoms with E-state index in [-0.39, 0.29) is 5.75 Å². The summed E-state index contributed by atoms with van der Waals surface area (Å²) in [5.41, 5.74) is 5.52. The second-order valence-corrected chi connectivity index (χ2v) is 4.76. The fourth-order valence-corrected chi connectivity index (χ4v) is 2.50. The minimum Gasteiger partial charge on any atom is -0.504 e. The molecule has 0 aliphatic heterocycles. The third-order valence-electron chi connectivity index (χ3n) is 1.88. The van der Waals surface area contributed by atoms with Crippen LogP contribution < -0.4 is 10.5 Å². The van der Waals surface area contributed by atoms with Gasteiger partial charge >= 0.3 is 0 Å². The molecule has 16 heavy (non-hydrogen) atoms. The molecule has 2 aromatic rings. The zero-order chi connectivity index (χ0) is 11.5. The maximum absolute atomic E-state index is 9.52. The molecule has 0 radical (unpaired) electrons. The summed E-state index contributed by atoms with van der Waals surface area (Å²) in [6.07, 6.45) is 0. The van der Waals surface area contributed by atoms with Crippen molar-refractivity contribution in [3.8, 4) is 16.7 Å². The smallest absolute Gasteiger partial charge is 0.280 e. The number of thiazole rings is 1. The van der Waals surface area contributed by atoms with Gasteiger partial charge in [0.25, 0.3) is 5.19 Å². The Kier molecular flexibility index (Phi) is 3.42. The van der Waals surface area contributed by atoms with Crippen molar-refractivity contribution in [2.24, 2.45) is 5.73 Å². The van der Waals surface area contributed by atoms with Crippen LogP contribution in [-0.2, 0) is 6.54 Å². The fraction of sp³-hybridized carbons (Fsp3) is 0.100. The number of hydrogen-bond donors (Lipinski definition) is 2. The molecule has 84 valence electrons. The number of nitrogens with zero attached hydrogens (tertiary/aromatic N) is 1. The van der Waals surface area contributed by atoms with Gasteiger partial charge in [-0.3, -0.25) is 0 Å². The minimum atomic E-state index is 0.0862. The normalized spacial score (nSPS) is 10.4. The molecule has 1 aromatic carbocycles. The number of para-hydroxylation sites is 2. The summed E-state index contributed by atoms with van der Waals surface area (Å²) in [6, 6.07) is 6.74. The summed E-state index contributed by atoms with van der Waals surface area (Å²) in [5.74, 6) is 0.468. The summed E-state index contributed by atoms with van der Waals surface area (Å²) in [6.45, 7) is 0.405. The molecule has 0 fully saturated rings. The molecule has 0 amide bonds. The highest BCUT2D eigenvalue weighted by atomic mass is 79.9. The van der Waals surface area contributed by atoms with E-state index in [1.165, 1.54) is 11.3 Å². The Morgan fingerprint density at radius 2 is 2.19 bits per heavy atom. The third-order valence-corrected chi connectivity index (χ3v) is 3.75. The zero-order valence-electron chi connectivity index (χ0n) is 8.18. The summed E-state index contributed by atoms with van der Waals surface area (Å²) >= 11 is 4.63. The molecule has 2 rings (SSSR count). The standard InChI is InChI=1S/C10H9BrN2O2S/c11-9-8(5-12)16-10(13-9)15-7-4-2-1-3-6(7)14/h1-4,14H,5,12H2. The van der Waals surface area contributed by atoms with Crippen LogP contribution in [0.2, 0.25) is 0 Å². The Hall–Kier alpha value is -1.11. The molecule has 0 saturated heterocycles. The Morgan fingerprint density at radius 1 is 1.44 bits per heavy atom. The number of hydrogen-bond acceptors (Lipinski definition) is 5. The lowest BCUT2D eigenvalue weighted by molar-refractivity contribution is 0.409. The molecule has 0 spiro atoms. The van der Waals surface area contributed by atoms with Gasteiger partial charge in [-0.25, -0.2) is 0 Å².